The highest BCUT2D eigenvalue weighted by atomic mass is 35.5. The average Bonchev–Trinajstić information content (AvgIpc) is 2.70. The minimum Gasteiger partial charge on any atom is -0.410 e. The molecule has 1 amide bonds. The van der Waals surface area contributed by atoms with Crippen LogP contribution >= 0.6 is 11.6 Å². The van der Waals surface area contributed by atoms with E-state index in [1.165, 1.54) is 14.2 Å². The molecule has 1 N–H and O–H groups in total. The smallest absolute Gasteiger partial charge is 0.410 e. The maximum absolute atomic E-state index is 12.5. The van der Waals surface area contributed by atoms with E-state index in [1.807, 2.05) is 43.3 Å². The zero-order chi connectivity index (χ0) is 21.0. The van der Waals surface area contributed by atoms with Gasteiger partial charge < -0.3 is 19.5 Å². The van der Waals surface area contributed by atoms with E-state index in [0.29, 0.717) is 10.8 Å². The van der Waals surface area contributed by atoms with Gasteiger partial charge in [-0.25, -0.2) is 4.79 Å². The lowest BCUT2D eigenvalue weighted by atomic mass is 9.93. The maximum atomic E-state index is 12.5. The summed E-state index contributed by atoms with van der Waals surface area (Å²) < 4.78 is 16.0. The van der Waals surface area contributed by atoms with E-state index in [2.05, 4.69) is 11.4 Å². The molecule has 3 rings (SSSR count). The second-order valence-corrected chi connectivity index (χ2v) is 7.22. The van der Waals surface area contributed by atoms with Crippen molar-refractivity contribution in [3.8, 4) is 16.9 Å². The summed E-state index contributed by atoms with van der Waals surface area (Å²) in [4.78, 5) is 12.5. The first-order chi connectivity index (χ1) is 13.9. The van der Waals surface area contributed by atoms with Crippen molar-refractivity contribution in [3.05, 3.63) is 65.2 Å². The lowest BCUT2D eigenvalue weighted by molar-refractivity contribution is -0.117. The number of carbonyl (C=O) groups excluding carboxylic acids is 1. The third kappa shape index (κ3) is 4.70. The molecule has 0 aliphatic heterocycles. The summed E-state index contributed by atoms with van der Waals surface area (Å²) >= 11 is 6.28. The molecule has 0 fully saturated rings. The highest BCUT2D eigenvalue weighted by Gasteiger charge is 2.21. The number of hydrogen-bond donors (Lipinski definition) is 1. The fraction of sp³-hybridized carbons (Fsp3) is 0.261. The molecule has 0 spiro atoms. The van der Waals surface area contributed by atoms with Gasteiger partial charge in [-0.3, -0.25) is 0 Å². The minimum atomic E-state index is -0.599. The van der Waals surface area contributed by atoms with Gasteiger partial charge in [0.2, 0.25) is 0 Å². The molecular formula is C23H24ClNO4. The van der Waals surface area contributed by atoms with Crippen molar-refractivity contribution < 1.29 is 19.0 Å². The van der Waals surface area contributed by atoms with Crippen LogP contribution in [-0.2, 0) is 9.47 Å². The molecule has 29 heavy (non-hydrogen) atoms. The number of carbonyl (C=O) groups is 1. The van der Waals surface area contributed by atoms with Gasteiger partial charge in [0.05, 0.1) is 6.04 Å². The number of hydrogen-bond acceptors (Lipinski definition) is 4. The number of ether oxygens (including phenoxy) is 3. The molecule has 3 aromatic carbocycles. The molecule has 5 nitrogen and oxygen atoms in total. The van der Waals surface area contributed by atoms with Crippen molar-refractivity contribution in [1.29, 1.82) is 0 Å². The first-order valence-electron chi connectivity index (χ1n) is 9.26. The van der Waals surface area contributed by atoms with Gasteiger partial charge in [0.25, 0.3) is 0 Å². The maximum Gasteiger partial charge on any atom is 0.413 e. The second-order valence-electron chi connectivity index (χ2n) is 6.78. The molecule has 0 radical (unpaired) electrons. The summed E-state index contributed by atoms with van der Waals surface area (Å²) in [6, 6.07) is 17.0. The Bertz CT molecular complexity index is 1020. The Morgan fingerprint density at radius 3 is 2.48 bits per heavy atom. The Labute approximate surface area is 175 Å². The van der Waals surface area contributed by atoms with E-state index in [9.17, 15) is 4.79 Å². The Morgan fingerprint density at radius 1 is 1.03 bits per heavy atom. The SMILES string of the molecule is COC(OC)C(C)NC(=O)Oc1ccc(Cl)cc1-c1c(C)ccc2ccccc12. The number of nitrogens with one attached hydrogen (secondary N) is 1. The molecular weight excluding hydrogens is 390 g/mol. The van der Waals surface area contributed by atoms with Crippen LogP contribution in [0.2, 0.25) is 5.02 Å². The van der Waals surface area contributed by atoms with Gasteiger partial charge in [-0.05, 0) is 53.9 Å². The molecule has 6 heteroatoms. The number of halogens is 1. The molecule has 0 aromatic heterocycles. The van der Waals surface area contributed by atoms with Crippen LogP contribution in [0.5, 0.6) is 5.75 Å². The van der Waals surface area contributed by atoms with Crippen LogP contribution in [0.4, 0.5) is 4.79 Å². The largest absolute Gasteiger partial charge is 0.413 e. The van der Waals surface area contributed by atoms with E-state index in [-0.39, 0.29) is 0 Å². The van der Waals surface area contributed by atoms with Gasteiger partial charge >= 0.3 is 6.09 Å². The molecule has 1 atom stereocenters. The van der Waals surface area contributed by atoms with Crippen molar-refractivity contribution >= 4 is 28.5 Å². The zero-order valence-corrected chi connectivity index (χ0v) is 17.6. The van der Waals surface area contributed by atoms with Crippen LogP contribution in [0, 0.1) is 6.92 Å². The van der Waals surface area contributed by atoms with Crippen LogP contribution in [-0.4, -0.2) is 32.6 Å². The van der Waals surface area contributed by atoms with E-state index in [0.717, 1.165) is 27.5 Å². The number of rotatable bonds is 6. The highest BCUT2D eigenvalue weighted by Crippen LogP contribution is 2.39. The summed E-state index contributed by atoms with van der Waals surface area (Å²) in [6.45, 7) is 3.80. The normalized spacial score (nSPS) is 12.2. The van der Waals surface area contributed by atoms with Gasteiger partial charge in [0.15, 0.2) is 6.29 Å². The number of benzene rings is 3. The van der Waals surface area contributed by atoms with E-state index in [1.54, 1.807) is 19.1 Å². The van der Waals surface area contributed by atoms with Crippen molar-refractivity contribution in [2.24, 2.45) is 0 Å². The average molecular weight is 414 g/mol. The van der Waals surface area contributed by atoms with Crippen molar-refractivity contribution in [2.45, 2.75) is 26.2 Å². The standard InChI is InChI=1S/C23H24ClNO4/c1-14-9-10-16-7-5-6-8-18(16)21(14)19-13-17(24)11-12-20(19)29-23(26)25-15(2)22(27-3)28-4/h5-13,15,22H,1-4H3,(H,25,26). The van der Waals surface area contributed by atoms with Crippen LogP contribution < -0.4 is 10.1 Å². The van der Waals surface area contributed by atoms with Gasteiger partial charge in [-0.15, -0.1) is 0 Å². The van der Waals surface area contributed by atoms with E-state index in [4.69, 9.17) is 25.8 Å². The fourth-order valence-electron chi connectivity index (χ4n) is 3.41. The van der Waals surface area contributed by atoms with Crippen molar-refractivity contribution in [3.63, 3.8) is 0 Å². The van der Waals surface area contributed by atoms with Crippen molar-refractivity contribution in [2.75, 3.05) is 14.2 Å². The summed E-state index contributed by atoms with van der Waals surface area (Å²) in [5.41, 5.74) is 2.79. The zero-order valence-electron chi connectivity index (χ0n) is 16.9. The molecule has 0 heterocycles. The first kappa shape index (κ1) is 21.1. The number of fused-ring (bicyclic) bond motifs is 1. The Morgan fingerprint density at radius 2 is 1.76 bits per heavy atom. The molecule has 152 valence electrons. The van der Waals surface area contributed by atoms with Gasteiger partial charge in [0, 0.05) is 24.8 Å². The third-order valence-corrected chi connectivity index (χ3v) is 5.00. The van der Waals surface area contributed by atoms with Crippen LogP contribution in [0.15, 0.2) is 54.6 Å². The van der Waals surface area contributed by atoms with Gasteiger partial charge in [0.1, 0.15) is 5.75 Å². The Balaban J connectivity index is 1.98. The molecule has 1 unspecified atom stereocenters. The van der Waals surface area contributed by atoms with Crippen LogP contribution in [0.25, 0.3) is 21.9 Å². The Hall–Kier alpha value is -2.60. The van der Waals surface area contributed by atoms with E-state index >= 15 is 0 Å². The van der Waals surface area contributed by atoms with Crippen LogP contribution in [0.1, 0.15) is 12.5 Å². The van der Waals surface area contributed by atoms with Gasteiger partial charge in [-0.2, -0.15) is 0 Å². The second kappa shape index (κ2) is 9.27. The fourth-order valence-corrected chi connectivity index (χ4v) is 3.58. The number of aryl methyl sites for hydroxylation is 1. The summed E-state index contributed by atoms with van der Waals surface area (Å²) in [5.74, 6) is 0.421. The van der Waals surface area contributed by atoms with Crippen LogP contribution in [0.3, 0.4) is 0 Å². The molecule has 0 aliphatic carbocycles. The minimum absolute atomic E-state index is 0.396. The number of methoxy groups -OCH3 is 2. The van der Waals surface area contributed by atoms with Gasteiger partial charge in [-0.1, -0.05) is 48.0 Å². The lowest BCUT2D eigenvalue weighted by Gasteiger charge is -2.22. The molecule has 0 aliphatic rings. The van der Waals surface area contributed by atoms with Crippen molar-refractivity contribution in [1.82, 2.24) is 5.32 Å². The molecule has 0 saturated heterocycles. The third-order valence-electron chi connectivity index (χ3n) is 4.77. The lowest BCUT2D eigenvalue weighted by Crippen LogP contribution is -2.44. The highest BCUT2D eigenvalue weighted by molar-refractivity contribution is 6.31. The Kier molecular flexibility index (Phi) is 6.75. The first-order valence-corrected chi connectivity index (χ1v) is 9.64. The van der Waals surface area contributed by atoms with E-state index < -0.39 is 18.4 Å². The topological polar surface area (TPSA) is 56.8 Å². The quantitative estimate of drug-likeness (QED) is 0.537. The molecule has 0 saturated carbocycles. The molecule has 0 bridgehead atoms. The summed E-state index contributed by atoms with van der Waals surface area (Å²) in [5, 5.41) is 5.45. The summed E-state index contributed by atoms with van der Waals surface area (Å²) in [7, 11) is 3.02. The molecule has 3 aromatic rings. The summed E-state index contributed by atoms with van der Waals surface area (Å²) in [6.07, 6.45) is -1.18. The monoisotopic (exact) mass is 413 g/mol. The number of amides is 1. The predicted octanol–water partition coefficient (Wildman–Crippen LogP) is 5.56. The predicted molar refractivity (Wildman–Crippen MR) is 116 cm³/mol.